The molecular formula is C19H23N3O4S. The number of methoxy groups -OCH3 is 1. The first-order valence-corrected chi connectivity index (χ1v) is 10.5. The maximum absolute atomic E-state index is 12.5. The highest BCUT2D eigenvalue weighted by Crippen LogP contribution is 2.26. The van der Waals surface area contributed by atoms with E-state index in [0.29, 0.717) is 17.9 Å². The number of sulfone groups is 1. The highest BCUT2D eigenvalue weighted by molar-refractivity contribution is 7.91. The van der Waals surface area contributed by atoms with E-state index in [1.54, 1.807) is 31.5 Å². The summed E-state index contributed by atoms with van der Waals surface area (Å²) in [6.45, 7) is 1.93. The number of rotatable bonds is 5. The summed E-state index contributed by atoms with van der Waals surface area (Å²) in [4.78, 5) is 18.6. The normalized spacial score (nSPS) is 18.1. The number of carbonyl (C=O) groups is 1. The zero-order valence-electron chi connectivity index (χ0n) is 15.6. The van der Waals surface area contributed by atoms with Gasteiger partial charge in [-0.1, -0.05) is 6.07 Å². The van der Waals surface area contributed by atoms with Crippen LogP contribution in [-0.4, -0.2) is 51.0 Å². The Balaban J connectivity index is 1.72. The second kappa shape index (κ2) is 7.56. The molecule has 0 bridgehead atoms. The van der Waals surface area contributed by atoms with E-state index in [9.17, 15) is 13.2 Å². The molecule has 1 aliphatic heterocycles. The van der Waals surface area contributed by atoms with Crippen molar-refractivity contribution in [2.45, 2.75) is 19.4 Å². The van der Waals surface area contributed by atoms with Crippen molar-refractivity contribution in [1.82, 2.24) is 4.98 Å². The number of aromatic nitrogens is 1. The summed E-state index contributed by atoms with van der Waals surface area (Å²) in [5, 5.41) is 2.81. The Hall–Kier alpha value is -2.61. The average molecular weight is 389 g/mol. The molecule has 0 radical (unpaired) electrons. The Bertz CT molecular complexity index is 942. The highest BCUT2D eigenvalue weighted by atomic mass is 32.2. The molecule has 1 aromatic carbocycles. The SMILES string of the molecule is COc1ccc(C)cc1NC(=O)c1ccc(N(C)C2CCS(=O)(=O)C2)cn1. The Morgan fingerprint density at radius 1 is 1.30 bits per heavy atom. The van der Waals surface area contributed by atoms with Crippen molar-refractivity contribution in [3.8, 4) is 5.75 Å². The number of amides is 1. The van der Waals surface area contributed by atoms with Crippen molar-refractivity contribution >= 4 is 27.1 Å². The molecule has 1 amide bonds. The molecule has 27 heavy (non-hydrogen) atoms. The summed E-state index contributed by atoms with van der Waals surface area (Å²) in [5.74, 6) is 0.608. The smallest absolute Gasteiger partial charge is 0.274 e. The minimum absolute atomic E-state index is 0.0620. The zero-order chi connectivity index (χ0) is 19.6. The fourth-order valence-electron chi connectivity index (χ4n) is 3.13. The van der Waals surface area contributed by atoms with Gasteiger partial charge in [-0.2, -0.15) is 0 Å². The summed E-state index contributed by atoms with van der Waals surface area (Å²) < 4.78 is 28.6. The second-order valence-electron chi connectivity index (χ2n) is 6.73. The number of hydrogen-bond donors (Lipinski definition) is 1. The Morgan fingerprint density at radius 3 is 2.67 bits per heavy atom. The van der Waals surface area contributed by atoms with Gasteiger partial charge in [-0.15, -0.1) is 0 Å². The molecule has 1 saturated heterocycles. The monoisotopic (exact) mass is 389 g/mol. The van der Waals surface area contributed by atoms with Gasteiger partial charge in [0.25, 0.3) is 5.91 Å². The number of ether oxygens (including phenoxy) is 1. The molecule has 7 nitrogen and oxygen atoms in total. The van der Waals surface area contributed by atoms with Crippen LogP contribution in [0.4, 0.5) is 11.4 Å². The molecule has 1 unspecified atom stereocenters. The number of nitrogens with zero attached hydrogens (tertiary/aromatic N) is 2. The van der Waals surface area contributed by atoms with E-state index in [4.69, 9.17) is 4.74 Å². The lowest BCUT2D eigenvalue weighted by atomic mass is 10.2. The lowest BCUT2D eigenvalue weighted by Gasteiger charge is -2.25. The molecule has 0 spiro atoms. The van der Waals surface area contributed by atoms with Crippen molar-refractivity contribution in [2.75, 3.05) is 35.9 Å². The minimum Gasteiger partial charge on any atom is -0.495 e. The quantitative estimate of drug-likeness (QED) is 0.844. The van der Waals surface area contributed by atoms with E-state index in [1.807, 2.05) is 31.0 Å². The molecule has 1 N–H and O–H groups in total. The molecule has 1 fully saturated rings. The van der Waals surface area contributed by atoms with Crippen LogP contribution >= 0.6 is 0 Å². The first-order valence-electron chi connectivity index (χ1n) is 8.64. The summed E-state index contributed by atoms with van der Waals surface area (Å²) in [5.41, 5.74) is 2.64. The molecule has 2 aromatic rings. The lowest BCUT2D eigenvalue weighted by Crippen LogP contribution is -2.32. The van der Waals surface area contributed by atoms with Gasteiger partial charge in [0.15, 0.2) is 9.84 Å². The fourth-order valence-corrected chi connectivity index (χ4v) is 4.90. The Kier molecular flexibility index (Phi) is 5.36. The van der Waals surface area contributed by atoms with Gasteiger partial charge in [-0.25, -0.2) is 13.4 Å². The fraction of sp³-hybridized carbons (Fsp3) is 0.368. The van der Waals surface area contributed by atoms with Crippen LogP contribution in [0.1, 0.15) is 22.5 Å². The number of aryl methyl sites for hydroxylation is 1. The standard InChI is InChI=1S/C19H23N3O4S/c1-13-4-7-18(26-3)17(10-13)21-19(23)16-6-5-14(11-20-16)22(2)15-8-9-27(24,25)12-15/h4-7,10-11,15H,8-9,12H2,1-3H3,(H,21,23). The van der Waals surface area contributed by atoms with E-state index < -0.39 is 9.84 Å². The molecule has 3 rings (SSSR count). The van der Waals surface area contributed by atoms with Crippen LogP contribution in [0.2, 0.25) is 0 Å². The van der Waals surface area contributed by atoms with Gasteiger partial charge in [0, 0.05) is 13.1 Å². The third kappa shape index (κ3) is 4.39. The number of anilines is 2. The van der Waals surface area contributed by atoms with Crippen molar-refractivity contribution < 1.29 is 17.9 Å². The molecule has 1 aliphatic rings. The highest BCUT2D eigenvalue weighted by Gasteiger charge is 2.31. The van der Waals surface area contributed by atoms with Gasteiger partial charge in [-0.3, -0.25) is 4.79 Å². The van der Waals surface area contributed by atoms with Gasteiger partial charge in [0.2, 0.25) is 0 Å². The zero-order valence-corrected chi connectivity index (χ0v) is 16.4. The van der Waals surface area contributed by atoms with Crippen LogP contribution in [0, 0.1) is 6.92 Å². The topological polar surface area (TPSA) is 88.6 Å². The van der Waals surface area contributed by atoms with Crippen molar-refractivity contribution in [3.05, 3.63) is 47.8 Å². The van der Waals surface area contributed by atoms with Crippen LogP contribution in [0.25, 0.3) is 0 Å². The van der Waals surface area contributed by atoms with Crippen molar-refractivity contribution in [1.29, 1.82) is 0 Å². The van der Waals surface area contributed by atoms with Crippen molar-refractivity contribution in [2.24, 2.45) is 0 Å². The first kappa shape index (κ1) is 19.2. The van der Waals surface area contributed by atoms with E-state index in [-0.39, 0.29) is 29.1 Å². The van der Waals surface area contributed by atoms with Gasteiger partial charge in [0.1, 0.15) is 11.4 Å². The van der Waals surface area contributed by atoms with Gasteiger partial charge < -0.3 is 15.0 Å². The Labute approximate surface area is 159 Å². The predicted octanol–water partition coefficient (Wildman–Crippen LogP) is 2.27. The van der Waals surface area contributed by atoms with Crippen LogP contribution in [0.3, 0.4) is 0 Å². The molecule has 144 valence electrons. The third-order valence-electron chi connectivity index (χ3n) is 4.75. The maximum atomic E-state index is 12.5. The van der Waals surface area contributed by atoms with Crippen LogP contribution in [0.15, 0.2) is 36.5 Å². The molecule has 0 aliphatic carbocycles. The predicted molar refractivity (Wildman–Crippen MR) is 105 cm³/mol. The van der Waals surface area contributed by atoms with E-state index in [1.165, 1.54) is 0 Å². The van der Waals surface area contributed by atoms with E-state index in [0.717, 1.165) is 11.3 Å². The minimum atomic E-state index is -2.95. The molecule has 0 saturated carbocycles. The maximum Gasteiger partial charge on any atom is 0.274 e. The molecular weight excluding hydrogens is 366 g/mol. The number of pyridine rings is 1. The number of nitrogens with one attached hydrogen (secondary N) is 1. The molecule has 8 heteroatoms. The van der Waals surface area contributed by atoms with Crippen LogP contribution in [0.5, 0.6) is 5.75 Å². The summed E-state index contributed by atoms with van der Waals surface area (Å²) >= 11 is 0. The van der Waals surface area contributed by atoms with E-state index >= 15 is 0 Å². The lowest BCUT2D eigenvalue weighted by molar-refractivity contribution is 0.102. The summed E-state index contributed by atoms with van der Waals surface area (Å²) in [7, 11) is 0.442. The molecule has 1 atom stereocenters. The third-order valence-corrected chi connectivity index (χ3v) is 6.50. The summed E-state index contributed by atoms with van der Waals surface area (Å²) in [6.07, 6.45) is 2.20. The molecule has 1 aromatic heterocycles. The average Bonchev–Trinajstić information content (AvgIpc) is 3.01. The van der Waals surface area contributed by atoms with E-state index in [2.05, 4.69) is 10.3 Å². The second-order valence-corrected chi connectivity index (χ2v) is 8.96. The first-order chi connectivity index (χ1) is 12.8. The van der Waals surface area contributed by atoms with Crippen LogP contribution < -0.4 is 15.0 Å². The number of benzene rings is 1. The van der Waals surface area contributed by atoms with Crippen molar-refractivity contribution in [3.63, 3.8) is 0 Å². The Morgan fingerprint density at radius 2 is 2.07 bits per heavy atom. The molecule has 2 heterocycles. The number of hydrogen-bond acceptors (Lipinski definition) is 6. The van der Waals surface area contributed by atoms with Gasteiger partial charge >= 0.3 is 0 Å². The van der Waals surface area contributed by atoms with Gasteiger partial charge in [-0.05, 0) is 43.2 Å². The van der Waals surface area contributed by atoms with Crippen LogP contribution in [-0.2, 0) is 9.84 Å². The summed E-state index contributed by atoms with van der Waals surface area (Å²) in [6, 6.07) is 8.88. The largest absolute Gasteiger partial charge is 0.495 e. The number of carbonyl (C=O) groups excluding carboxylic acids is 1. The van der Waals surface area contributed by atoms with Gasteiger partial charge in [0.05, 0.1) is 36.2 Å².